The number of rotatable bonds is 6. The summed E-state index contributed by atoms with van der Waals surface area (Å²) >= 11 is 0. The number of halogens is 3. The van der Waals surface area contributed by atoms with Crippen molar-refractivity contribution in [3.63, 3.8) is 0 Å². The zero-order valence-electron chi connectivity index (χ0n) is 11.3. The lowest BCUT2D eigenvalue weighted by Gasteiger charge is -2.24. The first-order chi connectivity index (χ1) is 9.07. The quantitative estimate of drug-likeness (QED) is 0.845. The Hall–Kier alpha value is -1.76. The summed E-state index contributed by atoms with van der Waals surface area (Å²) in [4.78, 5) is 10.9. The number of primary amides is 1. The fourth-order valence-corrected chi connectivity index (χ4v) is 1.65. The second-order valence-electron chi connectivity index (χ2n) is 5.07. The summed E-state index contributed by atoms with van der Waals surface area (Å²) in [6.07, 6.45) is -4.52. The molecule has 0 radical (unpaired) electrons. The number of hydrogen-bond acceptors (Lipinski definition) is 3. The molecule has 0 saturated carbocycles. The van der Waals surface area contributed by atoms with Crippen molar-refractivity contribution in [2.75, 3.05) is 0 Å². The van der Waals surface area contributed by atoms with Gasteiger partial charge in [0.25, 0.3) is 0 Å². The molecule has 3 N–H and O–H groups in total. The van der Waals surface area contributed by atoms with E-state index in [1.165, 1.54) is 24.3 Å². The van der Waals surface area contributed by atoms with Crippen molar-refractivity contribution in [1.29, 1.82) is 0 Å². The van der Waals surface area contributed by atoms with Gasteiger partial charge < -0.3 is 15.8 Å². The number of nitrogens with two attached hydrogens (primary N) is 1. The fraction of sp³-hybridized carbons (Fsp3) is 0.462. The van der Waals surface area contributed by atoms with Crippen LogP contribution in [0.4, 0.5) is 13.2 Å². The van der Waals surface area contributed by atoms with Crippen LogP contribution < -0.4 is 15.8 Å². The molecule has 0 heterocycles. The van der Waals surface area contributed by atoms with Gasteiger partial charge in [0.15, 0.2) is 0 Å². The van der Waals surface area contributed by atoms with E-state index >= 15 is 0 Å². The number of alkyl halides is 3. The van der Waals surface area contributed by atoms with Crippen LogP contribution in [-0.4, -0.2) is 17.8 Å². The predicted octanol–water partition coefficient (Wildman–Crippen LogP) is 2.33. The lowest BCUT2D eigenvalue weighted by atomic mass is 10.00. The molecule has 0 spiro atoms. The smallest absolute Gasteiger partial charge is 0.406 e. The number of amides is 1. The van der Waals surface area contributed by atoms with E-state index in [4.69, 9.17) is 5.73 Å². The zero-order chi connectivity index (χ0) is 15.4. The number of carbonyl (C=O) groups excluding carboxylic acids is 1. The van der Waals surface area contributed by atoms with Crippen LogP contribution in [0, 0.1) is 0 Å². The highest BCUT2D eigenvalue weighted by atomic mass is 19.4. The number of ether oxygens (including phenoxy) is 1. The Bertz CT molecular complexity index is 456. The average molecular weight is 290 g/mol. The maximum Gasteiger partial charge on any atom is 0.573 e. The first kappa shape index (κ1) is 16.3. The highest BCUT2D eigenvalue weighted by Crippen LogP contribution is 2.22. The molecule has 1 amide bonds. The van der Waals surface area contributed by atoms with Gasteiger partial charge in [-0.25, -0.2) is 0 Å². The van der Waals surface area contributed by atoms with Gasteiger partial charge >= 0.3 is 6.36 Å². The molecule has 4 nitrogen and oxygen atoms in total. The molecule has 0 aliphatic heterocycles. The number of nitrogens with one attached hydrogen (secondary N) is 1. The zero-order valence-corrected chi connectivity index (χ0v) is 11.3. The summed E-state index contributed by atoms with van der Waals surface area (Å²) in [5.74, 6) is -0.686. The number of hydrogen-bond donors (Lipinski definition) is 2. The Morgan fingerprint density at radius 2 is 1.80 bits per heavy atom. The topological polar surface area (TPSA) is 64.4 Å². The van der Waals surface area contributed by atoms with E-state index in [0.29, 0.717) is 6.54 Å². The molecule has 0 aliphatic rings. The van der Waals surface area contributed by atoms with Gasteiger partial charge in [-0.1, -0.05) is 12.1 Å². The summed E-state index contributed by atoms with van der Waals surface area (Å²) in [5, 5.41) is 3.11. The van der Waals surface area contributed by atoms with Crippen LogP contribution in [0.5, 0.6) is 5.75 Å². The molecular formula is C13H17F3N2O2. The van der Waals surface area contributed by atoms with Gasteiger partial charge in [-0.2, -0.15) is 0 Å². The molecule has 0 bridgehead atoms. The highest BCUT2D eigenvalue weighted by molar-refractivity contribution is 5.74. The van der Waals surface area contributed by atoms with E-state index in [2.05, 4.69) is 10.1 Å². The lowest BCUT2D eigenvalue weighted by molar-refractivity contribution is -0.274. The van der Waals surface area contributed by atoms with E-state index in [1.54, 1.807) is 0 Å². The third-order valence-electron chi connectivity index (χ3n) is 2.54. The van der Waals surface area contributed by atoms with Gasteiger partial charge in [-0.05, 0) is 31.5 Å². The largest absolute Gasteiger partial charge is 0.573 e. The molecule has 0 unspecified atom stereocenters. The van der Waals surface area contributed by atoms with Crippen molar-refractivity contribution in [2.24, 2.45) is 5.73 Å². The van der Waals surface area contributed by atoms with Crippen LogP contribution in [0.15, 0.2) is 24.3 Å². The van der Waals surface area contributed by atoms with Gasteiger partial charge in [0.1, 0.15) is 5.75 Å². The maximum absolute atomic E-state index is 12.0. The Morgan fingerprint density at radius 1 is 1.25 bits per heavy atom. The summed E-state index contributed by atoms with van der Waals surface area (Å²) in [6, 6.07) is 5.53. The van der Waals surface area contributed by atoms with Crippen LogP contribution in [-0.2, 0) is 11.3 Å². The summed E-state index contributed by atoms with van der Waals surface area (Å²) in [6.45, 7) is 4.05. The van der Waals surface area contributed by atoms with Crippen molar-refractivity contribution < 1.29 is 22.7 Å². The van der Waals surface area contributed by atoms with E-state index in [1.807, 2.05) is 13.8 Å². The standard InChI is InChI=1S/C13H17F3N2O2/c1-12(2,7-11(17)19)18-8-9-3-5-10(6-4-9)20-13(14,15)16/h3-6,18H,7-8H2,1-2H3,(H2,17,19). The fourth-order valence-electron chi connectivity index (χ4n) is 1.65. The van der Waals surface area contributed by atoms with E-state index in [0.717, 1.165) is 5.56 Å². The monoisotopic (exact) mass is 290 g/mol. The van der Waals surface area contributed by atoms with E-state index < -0.39 is 17.8 Å². The van der Waals surface area contributed by atoms with Gasteiger partial charge in [0, 0.05) is 18.5 Å². The maximum atomic E-state index is 12.0. The molecule has 1 aromatic carbocycles. The second kappa shape index (κ2) is 6.13. The Morgan fingerprint density at radius 3 is 2.25 bits per heavy atom. The summed E-state index contributed by atoms with van der Waals surface area (Å²) < 4.78 is 39.7. The van der Waals surface area contributed by atoms with Gasteiger partial charge in [0.05, 0.1) is 0 Å². The third kappa shape index (κ3) is 6.42. The molecule has 1 rings (SSSR count). The van der Waals surface area contributed by atoms with Crippen LogP contribution in [0.3, 0.4) is 0 Å². The normalized spacial score (nSPS) is 12.2. The molecule has 7 heteroatoms. The summed E-state index contributed by atoms with van der Waals surface area (Å²) in [5.41, 5.74) is 5.42. The van der Waals surface area contributed by atoms with E-state index in [-0.39, 0.29) is 12.2 Å². The van der Waals surface area contributed by atoms with Gasteiger partial charge in [-0.15, -0.1) is 13.2 Å². The minimum atomic E-state index is -4.69. The van der Waals surface area contributed by atoms with Crippen molar-refractivity contribution in [3.05, 3.63) is 29.8 Å². The Balaban J connectivity index is 2.56. The third-order valence-corrected chi connectivity index (χ3v) is 2.54. The minimum absolute atomic E-state index is 0.169. The molecule has 0 atom stereocenters. The van der Waals surface area contributed by atoms with Crippen LogP contribution in [0.25, 0.3) is 0 Å². The first-order valence-electron chi connectivity index (χ1n) is 5.95. The molecule has 0 saturated heterocycles. The molecule has 0 fully saturated rings. The number of carbonyl (C=O) groups is 1. The number of benzene rings is 1. The molecule has 0 aliphatic carbocycles. The molecular weight excluding hydrogens is 273 g/mol. The summed E-state index contributed by atoms with van der Waals surface area (Å²) in [7, 11) is 0. The Kier molecular flexibility index (Phi) is 4.99. The van der Waals surface area contributed by atoms with Crippen LogP contribution in [0.2, 0.25) is 0 Å². The van der Waals surface area contributed by atoms with E-state index in [9.17, 15) is 18.0 Å². The molecule has 112 valence electrons. The van der Waals surface area contributed by atoms with Crippen LogP contribution in [0.1, 0.15) is 25.8 Å². The predicted molar refractivity (Wildman–Crippen MR) is 67.9 cm³/mol. The highest BCUT2D eigenvalue weighted by Gasteiger charge is 2.30. The Labute approximate surface area is 115 Å². The van der Waals surface area contributed by atoms with Crippen molar-refractivity contribution in [3.8, 4) is 5.75 Å². The second-order valence-corrected chi connectivity index (χ2v) is 5.07. The molecule has 0 aromatic heterocycles. The lowest BCUT2D eigenvalue weighted by Crippen LogP contribution is -2.42. The molecule has 1 aromatic rings. The van der Waals surface area contributed by atoms with Crippen LogP contribution >= 0.6 is 0 Å². The average Bonchev–Trinajstić information content (AvgIpc) is 2.24. The van der Waals surface area contributed by atoms with Crippen molar-refractivity contribution in [1.82, 2.24) is 5.32 Å². The van der Waals surface area contributed by atoms with Crippen molar-refractivity contribution in [2.45, 2.75) is 38.7 Å². The first-order valence-corrected chi connectivity index (χ1v) is 5.95. The molecule has 20 heavy (non-hydrogen) atoms. The van der Waals surface area contributed by atoms with Gasteiger partial charge in [0.2, 0.25) is 5.91 Å². The SMILES string of the molecule is CC(C)(CC(N)=O)NCc1ccc(OC(F)(F)F)cc1. The minimum Gasteiger partial charge on any atom is -0.406 e. The van der Waals surface area contributed by atoms with Gasteiger partial charge in [-0.3, -0.25) is 4.79 Å². The van der Waals surface area contributed by atoms with Crippen molar-refractivity contribution >= 4 is 5.91 Å².